The molecule has 0 N–H and O–H groups in total. The van der Waals surface area contributed by atoms with Crippen LogP contribution in [0.15, 0.2) is 61.1 Å². The van der Waals surface area contributed by atoms with E-state index in [1.807, 2.05) is 12.3 Å². The van der Waals surface area contributed by atoms with Crippen LogP contribution in [-0.2, 0) is 12.3 Å². The fourth-order valence-corrected chi connectivity index (χ4v) is 5.55. The molecule has 0 radical (unpaired) electrons. The van der Waals surface area contributed by atoms with Crippen molar-refractivity contribution in [3.63, 3.8) is 0 Å². The first-order valence-electron chi connectivity index (χ1n) is 12.8. The van der Waals surface area contributed by atoms with Crippen LogP contribution in [0, 0.1) is 0 Å². The maximum absolute atomic E-state index is 6.13. The first-order valence-corrected chi connectivity index (χ1v) is 13.3. The molecule has 2 aliphatic heterocycles. The second-order valence-electron chi connectivity index (χ2n) is 9.53. The number of aromatic nitrogens is 3. The van der Waals surface area contributed by atoms with Gasteiger partial charge in [-0.3, -0.25) is 4.98 Å². The summed E-state index contributed by atoms with van der Waals surface area (Å²) in [6, 6.07) is 17.0. The van der Waals surface area contributed by atoms with Gasteiger partial charge in [-0.25, -0.2) is 9.97 Å². The molecule has 1 saturated heterocycles. The van der Waals surface area contributed by atoms with Gasteiger partial charge in [-0.2, -0.15) is 0 Å². The molecule has 0 amide bonds. The van der Waals surface area contributed by atoms with Gasteiger partial charge < -0.3 is 14.5 Å². The zero-order chi connectivity index (χ0) is 24.3. The van der Waals surface area contributed by atoms with Crippen molar-refractivity contribution in [1.82, 2.24) is 19.9 Å². The lowest BCUT2D eigenvalue weighted by atomic mass is 9.98. The van der Waals surface area contributed by atoms with Crippen molar-refractivity contribution in [3.05, 3.63) is 72.2 Å². The Labute approximate surface area is 216 Å². The molecule has 4 aromatic rings. The Morgan fingerprint density at radius 3 is 2.72 bits per heavy atom. The molecule has 2 aromatic heterocycles. The van der Waals surface area contributed by atoms with E-state index in [2.05, 4.69) is 67.2 Å². The summed E-state index contributed by atoms with van der Waals surface area (Å²) in [5, 5.41) is 0. The Hall–Kier alpha value is -3.22. The van der Waals surface area contributed by atoms with Crippen LogP contribution >= 0.6 is 11.6 Å². The number of nitrogens with zero attached hydrogens (tertiary/aromatic N) is 5. The van der Waals surface area contributed by atoms with Crippen molar-refractivity contribution in [1.29, 1.82) is 0 Å². The first kappa shape index (κ1) is 23.2. The van der Waals surface area contributed by atoms with E-state index in [9.17, 15) is 0 Å². The van der Waals surface area contributed by atoms with E-state index in [-0.39, 0.29) is 0 Å². The minimum Gasteiger partial charge on any atom is -0.494 e. The highest BCUT2D eigenvalue weighted by Crippen LogP contribution is 2.41. The molecule has 0 unspecified atom stereocenters. The number of fused-ring (bicyclic) bond motifs is 2. The van der Waals surface area contributed by atoms with Crippen LogP contribution < -0.4 is 9.64 Å². The third-order valence-corrected chi connectivity index (χ3v) is 7.49. The lowest BCUT2D eigenvalue weighted by Gasteiger charge is -2.20. The van der Waals surface area contributed by atoms with E-state index < -0.39 is 0 Å². The monoisotopic (exact) mass is 499 g/mol. The zero-order valence-electron chi connectivity index (χ0n) is 20.4. The summed E-state index contributed by atoms with van der Waals surface area (Å²) < 4.78 is 6.13. The number of ether oxygens (including phenoxy) is 1. The summed E-state index contributed by atoms with van der Waals surface area (Å²) in [5.74, 6) is 2.19. The number of anilines is 2. The lowest BCUT2D eigenvalue weighted by Crippen LogP contribution is -2.21. The largest absolute Gasteiger partial charge is 0.494 e. The highest BCUT2D eigenvalue weighted by atomic mass is 35.5. The molecule has 7 heteroatoms. The Morgan fingerprint density at radius 1 is 0.944 bits per heavy atom. The normalized spacial score (nSPS) is 15.5. The molecule has 0 saturated carbocycles. The number of rotatable bonds is 8. The Morgan fingerprint density at radius 2 is 1.83 bits per heavy atom. The smallest absolute Gasteiger partial charge is 0.163 e. The second-order valence-corrected chi connectivity index (χ2v) is 9.79. The number of likely N-dealkylation sites (tertiary alicyclic amines) is 1. The van der Waals surface area contributed by atoms with Gasteiger partial charge in [-0.1, -0.05) is 24.3 Å². The maximum Gasteiger partial charge on any atom is 0.163 e. The summed E-state index contributed by atoms with van der Waals surface area (Å²) in [4.78, 5) is 18.5. The lowest BCUT2D eigenvalue weighted by molar-refractivity contribution is 0.263. The first-order chi connectivity index (χ1) is 17.8. The van der Waals surface area contributed by atoms with Gasteiger partial charge in [-0.05, 0) is 85.3 Å². The van der Waals surface area contributed by atoms with Gasteiger partial charge in [0.2, 0.25) is 0 Å². The third-order valence-electron chi connectivity index (χ3n) is 7.18. The Kier molecular flexibility index (Phi) is 6.71. The molecule has 36 heavy (non-hydrogen) atoms. The minimum absolute atomic E-state index is 0.416. The highest BCUT2D eigenvalue weighted by molar-refractivity contribution is 6.17. The van der Waals surface area contributed by atoms with Crippen LogP contribution in [0.25, 0.3) is 22.2 Å². The fourth-order valence-electron chi connectivity index (χ4n) is 5.41. The van der Waals surface area contributed by atoms with E-state index in [1.165, 1.54) is 48.3 Å². The summed E-state index contributed by atoms with van der Waals surface area (Å²) >= 11 is 6.01. The molecule has 2 aromatic carbocycles. The molecule has 2 aliphatic rings. The number of hydrogen-bond donors (Lipinski definition) is 0. The predicted molar refractivity (Wildman–Crippen MR) is 145 cm³/mol. The van der Waals surface area contributed by atoms with Gasteiger partial charge in [0, 0.05) is 30.9 Å². The van der Waals surface area contributed by atoms with E-state index in [0.717, 1.165) is 60.7 Å². The zero-order valence-corrected chi connectivity index (χ0v) is 21.1. The van der Waals surface area contributed by atoms with Crippen molar-refractivity contribution in [2.75, 3.05) is 37.7 Å². The summed E-state index contributed by atoms with van der Waals surface area (Å²) in [6.07, 6.45) is 8.10. The van der Waals surface area contributed by atoms with Gasteiger partial charge in [0.05, 0.1) is 12.1 Å². The fraction of sp³-hybridized carbons (Fsp3) is 0.345. The average Bonchev–Trinajstić information content (AvgIpc) is 3.61. The minimum atomic E-state index is 0.416. The molecule has 4 heterocycles. The van der Waals surface area contributed by atoms with Crippen molar-refractivity contribution in [3.8, 4) is 16.9 Å². The average molecular weight is 500 g/mol. The van der Waals surface area contributed by atoms with Crippen LogP contribution in [0.5, 0.6) is 5.75 Å². The summed E-state index contributed by atoms with van der Waals surface area (Å²) in [6.45, 7) is 5.20. The molecule has 184 valence electrons. The highest BCUT2D eigenvalue weighted by Gasteiger charge is 2.26. The van der Waals surface area contributed by atoms with E-state index in [4.69, 9.17) is 16.3 Å². The number of pyridine rings is 1. The molecule has 0 atom stereocenters. The molecule has 1 fully saturated rings. The molecule has 6 rings (SSSR count). The summed E-state index contributed by atoms with van der Waals surface area (Å²) in [5.41, 5.74) is 7.50. The Bertz CT molecular complexity index is 1370. The van der Waals surface area contributed by atoms with E-state index >= 15 is 0 Å². The molecule has 0 spiro atoms. The number of halogens is 1. The molecular weight excluding hydrogens is 470 g/mol. The van der Waals surface area contributed by atoms with Gasteiger partial charge in [-0.15, -0.1) is 11.6 Å². The van der Waals surface area contributed by atoms with Crippen LogP contribution in [-0.4, -0.2) is 52.6 Å². The third kappa shape index (κ3) is 4.63. The predicted octanol–water partition coefficient (Wildman–Crippen LogP) is 5.99. The van der Waals surface area contributed by atoms with Crippen LogP contribution in [0.3, 0.4) is 0 Å². The van der Waals surface area contributed by atoms with Gasteiger partial charge in [0.1, 0.15) is 17.6 Å². The quantitative estimate of drug-likeness (QED) is 0.219. The van der Waals surface area contributed by atoms with Crippen LogP contribution in [0.2, 0.25) is 0 Å². The topological polar surface area (TPSA) is 54.4 Å². The molecule has 0 bridgehead atoms. The van der Waals surface area contributed by atoms with Gasteiger partial charge in [0.25, 0.3) is 0 Å². The van der Waals surface area contributed by atoms with E-state index in [1.54, 1.807) is 6.33 Å². The van der Waals surface area contributed by atoms with Gasteiger partial charge >= 0.3 is 0 Å². The number of alkyl halides is 1. The van der Waals surface area contributed by atoms with E-state index in [0.29, 0.717) is 5.88 Å². The molecule has 0 aliphatic carbocycles. The number of hydrogen-bond acceptors (Lipinski definition) is 6. The second kappa shape index (κ2) is 10.4. The Balaban J connectivity index is 1.24. The van der Waals surface area contributed by atoms with Crippen LogP contribution in [0.4, 0.5) is 11.5 Å². The van der Waals surface area contributed by atoms with Crippen molar-refractivity contribution < 1.29 is 4.74 Å². The summed E-state index contributed by atoms with van der Waals surface area (Å²) in [7, 11) is 0. The maximum atomic E-state index is 6.13. The molecule has 6 nitrogen and oxygen atoms in total. The molecular formula is C29H30ClN5O. The standard InChI is InChI=1S/C29H30ClN5O/c30-18-21-16-26-28(31-19-21)29(33-20-32-26)35-14-10-25-24(8-4-9-27(25)35)22-6-3-7-23(17-22)36-15-5-13-34-11-1-2-12-34/h3-4,6-9,16-17,19-20H,1-2,5,10-15,18H2. The number of benzene rings is 2. The van der Waals surface area contributed by atoms with Crippen molar-refractivity contribution >= 4 is 34.1 Å². The SMILES string of the molecule is ClCc1cnc2c(N3CCc4c(-c5cccc(OCCCN6CCCC6)c5)cccc43)ncnc2c1. The van der Waals surface area contributed by atoms with Gasteiger partial charge in [0.15, 0.2) is 5.82 Å². The van der Waals surface area contributed by atoms with Crippen LogP contribution in [0.1, 0.15) is 30.4 Å². The van der Waals surface area contributed by atoms with Crippen molar-refractivity contribution in [2.45, 2.75) is 31.6 Å². The van der Waals surface area contributed by atoms with Crippen molar-refractivity contribution in [2.24, 2.45) is 0 Å².